The van der Waals surface area contributed by atoms with Crippen LogP contribution in [0.2, 0.25) is 0 Å². The molecular weight excluding hydrogens is 302 g/mol. The van der Waals surface area contributed by atoms with Crippen molar-refractivity contribution in [3.63, 3.8) is 0 Å². The van der Waals surface area contributed by atoms with Crippen molar-refractivity contribution < 1.29 is 9.47 Å². The highest BCUT2D eigenvalue weighted by molar-refractivity contribution is 5.57. The minimum Gasteiger partial charge on any atom is -0.465 e. The lowest BCUT2D eigenvalue weighted by atomic mass is 10.0. The van der Waals surface area contributed by atoms with E-state index >= 15 is 0 Å². The maximum absolute atomic E-state index is 9.13. The quantitative estimate of drug-likeness (QED) is 0.814. The van der Waals surface area contributed by atoms with Crippen molar-refractivity contribution in [2.24, 2.45) is 0 Å². The van der Waals surface area contributed by atoms with Gasteiger partial charge in [-0.2, -0.15) is 5.26 Å². The van der Waals surface area contributed by atoms with E-state index in [1.54, 1.807) is 6.26 Å². The summed E-state index contributed by atoms with van der Waals surface area (Å²) >= 11 is 0. The van der Waals surface area contributed by atoms with Gasteiger partial charge in [0.1, 0.15) is 30.0 Å². The largest absolute Gasteiger partial charge is 0.465 e. The number of nitrogens with zero attached hydrogens (tertiary/aromatic N) is 3. The van der Waals surface area contributed by atoms with Crippen LogP contribution in [0.5, 0.6) is 0 Å². The van der Waals surface area contributed by atoms with E-state index in [9.17, 15) is 0 Å². The number of nitriles is 1. The van der Waals surface area contributed by atoms with Gasteiger partial charge in [-0.1, -0.05) is 37.1 Å². The number of hydrogen-bond donors (Lipinski definition) is 0. The van der Waals surface area contributed by atoms with Gasteiger partial charge in [-0.25, -0.2) is 9.97 Å². The number of aryl methyl sites for hydroxylation is 1. The van der Waals surface area contributed by atoms with Crippen LogP contribution in [-0.2, 0) is 15.9 Å². The second-order valence-corrected chi connectivity index (χ2v) is 5.70. The van der Waals surface area contributed by atoms with Gasteiger partial charge in [0, 0.05) is 12.1 Å². The Morgan fingerprint density at radius 3 is 2.96 bits per heavy atom. The van der Waals surface area contributed by atoms with Crippen LogP contribution in [0.15, 0.2) is 48.2 Å². The maximum Gasteiger partial charge on any atom is 0.233 e. The molecule has 1 aliphatic heterocycles. The zero-order chi connectivity index (χ0) is 16.8. The zero-order valence-corrected chi connectivity index (χ0v) is 13.7. The van der Waals surface area contributed by atoms with E-state index < -0.39 is 0 Å². The molecular formula is C19H19N3O2. The molecule has 0 radical (unpaired) electrons. The smallest absolute Gasteiger partial charge is 0.233 e. The normalized spacial score (nSPS) is 16.2. The van der Waals surface area contributed by atoms with E-state index in [2.05, 4.69) is 35.1 Å². The molecule has 0 unspecified atom stereocenters. The Morgan fingerprint density at radius 1 is 1.29 bits per heavy atom. The molecule has 0 saturated carbocycles. The highest BCUT2D eigenvalue weighted by Crippen LogP contribution is 2.28. The first-order valence-electron chi connectivity index (χ1n) is 8.14. The van der Waals surface area contributed by atoms with Crippen molar-refractivity contribution in [2.75, 3.05) is 0 Å². The topological polar surface area (TPSA) is 68.0 Å². The van der Waals surface area contributed by atoms with E-state index in [4.69, 9.17) is 14.7 Å². The molecule has 0 aromatic carbocycles. The summed E-state index contributed by atoms with van der Waals surface area (Å²) < 4.78 is 11.4. The summed E-state index contributed by atoms with van der Waals surface area (Å²) in [5, 5.41) is 9.13. The van der Waals surface area contributed by atoms with Crippen LogP contribution in [0.25, 0.3) is 5.76 Å². The van der Waals surface area contributed by atoms with E-state index in [-0.39, 0.29) is 5.82 Å². The second kappa shape index (κ2) is 7.60. The van der Waals surface area contributed by atoms with Crippen molar-refractivity contribution in [3.8, 4) is 6.07 Å². The molecule has 2 heterocycles. The minimum atomic E-state index is 0.150. The van der Waals surface area contributed by atoms with Crippen molar-refractivity contribution in [2.45, 2.75) is 39.0 Å². The molecule has 1 aromatic rings. The lowest BCUT2D eigenvalue weighted by molar-refractivity contribution is 0.272. The number of aromatic nitrogens is 2. The third kappa shape index (κ3) is 3.90. The van der Waals surface area contributed by atoms with Gasteiger partial charge in [0.25, 0.3) is 0 Å². The van der Waals surface area contributed by atoms with Crippen molar-refractivity contribution in [1.82, 2.24) is 9.97 Å². The van der Waals surface area contributed by atoms with Crippen LogP contribution in [0.3, 0.4) is 0 Å². The Kier molecular flexibility index (Phi) is 5.07. The molecule has 0 spiro atoms. The SMILES string of the molecule is CCCc1cc(C2=COC=C(CC3=CC=CCC3)O2)nc(C#N)n1. The van der Waals surface area contributed by atoms with E-state index in [0.29, 0.717) is 17.9 Å². The van der Waals surface area contributed by atoms with Gasteiger partial charge in [-0.05, 0) is 25.3 Å². The van der Waals surface area contributed by atoms with E-state index in [1.807, 2.05) is 12.1 Å². The molecule has 0 N–H and O–H groups in total. The van der Waals surface area contributed by atoms with E-state index in [0.717, 1.165) is 37.1 Å². The molecule has 1 aromatic heterocycles. The van der Waals surface area contributed by atoms with Crippen LogP contribution in [0.1, 0.15) is 49.8 Å². The zero-order valence-electron chi connectivity index (χ0n) is 13.7. The van der Waals surface area contributed by atoms with Crippen LogP contribution in [-0.4, -0.2) is 9.97 Å². The molecule has 1 aliphatic carbocycles. The van der Waals surface area contributed by atoms with Gasteiger partial charge in [0.2, 0.25) is 5.82 Å². The van der Waals surface area contributed by atoms with Crippen LogP contribution >= 0.6 is 0 Å². The third-order valence-corrected chi connectivity index (χ3v) is 3.75. The molecule has 0 amide bonds. The summed E-state index contributed by atoms with van der Waals surface area (Å²) in [6, 6.07) is 3.86. The summed E-state index contributed by atoms with van der Waals surface area (Å²) in [5.41, 5.74) is 2.72. The second-order valence-electron chi connectivity index (χ2n) is 5.70. The predicted octanol–water partition coefficient (Wildman–Crippen LogP) is 4.15. The van der Waals surface area contributed by atoms with Gasteiger partial charge < -0.3 is 9.47 Å². The third-order valence-electron chi connectivity index (χ3n) is 3.75. The highest BCUT2D eigenvalue weighted by Gasteiger charge is 2.17. The van der Waals surface area contributed by atoms with Gasteiger partial charge in [-0.3, -0.25) is 0 Å². The Labute approximate surface area is 141 Å². The molecule has 0 fully saturated rings. The summed E-state index contributed by atoms with van der Waals surface area (Å²) in [4.78, 5) is 8.46. The standard InChI is InChI=1S/C19H19N3O2/c1-2-6-15-10-17(22-19(11-20)21-15)18-13-23-12-16(24-18)9-14-7-4-3-5-8-14/h3-4,7,10,12-13H,2,5-6,8-9H2,1H3. The first-order valence-corrected chi connectivity index (χ1v) is 8.14. The van der Waals surface area contributed by atoms with E-state index in [1.165, 1.54) is 11.8 Å². The molecule has 0 atom stereocenters. The Morgan fingerprint density at radius 2 is 2.21 bits per heavy atom. The molecule has 2 aliphatic rings. The van der Waals surface area contributed by atoms with Gasteiger partial charge in [0.15, 0.2) is 5.76 Å². The molecule has 0 saturated heterocycles. The molecule has 5 heteroatoms. The molecule has 0 bridgehead atoms. The lowest BCUT2D eigenvalue weighted by Gasteiger charge is -2.18. The summed E-state index contributed by atoms with van der Waals surface area (Å²) in [5.74, 6) is 1.40. The minimum absolute atomic E-state index is 0.150. The van der Waals surface area contributed by atoms with Gasteiger partial charge in [0.05, 0.1) is 0 Å². The molecule has 24 heavy (non-hydrogen) atoms. The van der Waals surface area contributed by atoms with Crippen LogP contribution in [0, 0.1) is 11.3 Å². The van der Waals surface area contributed by atoms with Crippen LogP contribution in [0.4, 0.5) is 0 Å². The summed E-state index contributed by atoms with van der Waals surface area (Å²) in [6.45, 7) is 2.07. The highest BCUT2D eigenvalue weighted by atomic mass is 16.5. The van der Waals surface area contributed by atoms with Gasteiger partial charge >= 0.3 is 0 Å². The fourth-order valence-corrected chi connectivity index (χ4v) is 2.63. The fourth-order valence-electron chi connectivity index (χ4n) is 2.63. The summed E-state index contributed by atoms with van der Waals surface area (Å²) in [7, 11) is 0. The van der Waals surface area contributed by atoms with Crippen molar-refractivity contribution in [1.29, 1.82) is 5.26 Å². The fraction of sp³-hybridized carbons (Fsp3) is 0.316. The number of hydrogen-bond acceptors (Lipinski definition) is 5. The average molecular weight is 321 g/mol. The Balaban J connectivity index is 1.77. The number of allylic oxidation sites excluding steroid dienone is 4. The number of ether oxygens (including phenoxy) is 2. The Bertz CT molecular complexity index is 782. The monoisotopic (exact) mass is 321 g/mol. The maximum atomic E-state index is 9.13. The van der Waals surface area contributed by atoms with Crippen molar-refractivity contribution >= 4 is 5.76 Å². The molecule has 5 nitrogen and oxygen atoms in total. The summed E-state index contributed by atoms with van der Waals surface area (Å²) in [6.07, 6.45) is 14.0. The lowest BCUT2D eigenvalue weighted by Crippen LogP contribution is -2.06. The number of rotatable bonds is 5. The Hall–Kier alpha value is -2.87. The predicted molar refractivity (Wildman–Crippen MR) is 90.0 cm³/mol. The van der Waals surface area contributed by atoms with Crippen LogP contribution < -0.4 is 0 Å². The first kappa shape index (κ1) is 16.0. The molecule has 3 rings (SSSR count). The average Bonchev–Trinajstić information content (AvgIpc) is 2.63. The van der Waals surface area contributed by atoms with Crippen molar-refractivity contribution in [3.05, 3.63) is 65.4 Å². The molecule has 122 valence electrons. The first-order chi connectivity index (χ1) is 11.8. The van der Waals surface area contributed by atoms with Gasteiger partial charge in [-0.15, -0.1) is 0 Å².